The minimum atomic E-state index is -0.485. The number of carbonyl (C=O) groups excluding carboxylic acids is 3. The van der Waals surface area contributed by atoms with Crippen molar-refractivity contribution in [2.45, 2.75) is 4.90 Å². The lowest BCUT2D eigenvalue weighted by atomic mass is 10.0. The van der Waals surface area contributed by atoms with E-state index in [0.717, 1.165) is 21.2 Å². The quantitative estimate of drug-likeness (QED) is 0.126. The number of benzene rings is 4. The number of carbonyl (C=O) groups is 3. The van der Waals surface area contributed by atoms with E-state index in [-0.39, 0.29) is 17.4 Å². The summed E-state index contributed by atoms with van der Waals surface area (Å²) >= 11 is 7.15. The predicted octanol–water partition coefficient (Wildman–Crippen LogP) is 7.03. The predicted molar refractivity (Wildman–Crippen MR) is 170 cm³/mol. The SMILES string of the molecule is O=C(CSc1cccc(NC(=O)/C(=C\c2cccc3ccccc23)NC(=O)c2ccccc2)c1)Nc1ccc(Cl)cn1. The molecule has 4 aromatic carbocycles. The van der Waals surface area contributed by atoms with E-state index in [1.165, 1.54) is 18.0 Å². The van der Waals surface area contributed by atoms with Crippen molar-refractivity contribution in [1.82, 2.24) is 10.3 Å². The number of fused-ring (bicyclic) bond motifs is 1. The summed E-state index contributed by atoms with van der Waals surface area (Å²) < 4.78 is 0. The smallest absolute Gasteiger partial charge is 0.272 e. The highest BCUT2D eigenvalue weighted by atomic mass is 35.5. The molecule has 5 aromatic rings. The second kappa shape index (κ2) is 13.6. The van der Waals surface area contributed by atoms with E-state index in [0.29, 0.717) is 22.1 Å². The van der Waals surface area contributed by atoms with Crippen LogP contribution in [0.25, 0.3) is 16.8 Å². The first-order valence-corrected chi connectivity index (χ1v) is 14.3. The highest BCUT2D eigenvalue weighted by Gasteiger charge is 2.16. The van der Waals surface area contributed by atoms with Crippen LogP contribution in [0.1, 0.15) is 15.9 Å². The Morgan fingerprint density at radius 1 is 0.810 bits per heavy atom. The molecule has 0 bridgehead atoms. The van der Waals surface area contributed by atoms with Gasteiger partial charge < -0.3 is 16.0 Å². The largest absolute Gasteiger partial charge is 0.321 e. The first-order valence-electron chi connectivity index (χ1n) is 13.0. The maximum atomic E-state index is 13.5. The van der Waals surface area contributed by atoms with E-state index in [1.807, 2.05) is 54.6 Å². The summed E-state index contributed by atoms with van der Waals surface area (Å²) in [6, 6.07) is 32.8. The zero-order chi connectivity index (χ0) is 29.3. The van der Waals surface area contributed by atoms with Crippen molar-refractivity contribution in [3.8, 4) is 0 Å². The second-order valence-corrected chi connectivity index (χ2v) is 10.6. The summed E-state index contributed by atoms with van der Waals surface area (Å²) in [5, 5.41) is 10.8. The Kier molecular flexibility index (Phi) is 9.28. The van der Waals surface area contributed by atoms with Crippen LogP contribution in [0.5, 0.6) is 0 Å². The van der Waals surface area contributed by atoms with Crippen molar-refractivity contribution < 1.29 is 14.4 Å². The van der Waals surface area contributed by atoms with Gasteiger partial charge in [0.25, 0.3) is 11.8 Å². The minimum Gasteiger partial charge on any atom is -0.321 e. The van der Waals surface area contributed by atoms with Crippen LogP contribution in [0, 0.1) is 0 Å². The fourth-order valence-electron chi connectivity index (χ4n) is 4.11. The molecule has 0 aliphatic rings. The average molecular weight is 593 g/mol. The molecule has 9 heteroatoms. The topological polar surface area (TPSA) is 100 Å². The molecule has 0 saturated heterocycles. The molecule has 0 radical (unpaired) electrons. The number of anilines is 2. The van der Waals surface area contributed by atoms with Gasteiger partial charge in [-0.25, -0.2) is 4.98 Å². The molecule has 5 rings (SSSR count). The number of pyridine rings is 1. The zero-order valence-electron chi connectivity index (χ0n) is 22.2. The van der Waals surface area contributed by atoms with Gasteiger partial charge in [0, 0.05) is 22.3 Å². The minimum absolute atomic E-state index is 0.0908. The van der Waals surface area contributed by atoms with Gasteiger partial charge in [-0.2, -0.15) is 0 Å². The molecular formula is C33H25ClN4O3S. The van der Waals surface area contributed by atoms with Crippen LogP contribution in [0.3, 0.4) is 0 Å². The molecule has 1 aromatic heterocycles. The number of nitrogens with zero attached hydrogens (tertiary/aromatic N) is 1. The van der Waals surface area contributed by atoms with Gasteiger partial charge in [0.1, 0.15) is 11.5 Å². The van der Waals surface area contributed by atoms with E-state index >= 15 is 0 Å². The number of amides is 3. The van der Waals surface area contributed by atoms with Crippen LogP contribution in [0.4, 0.5) is 11.5 Å². The highest BCUT2D eigenvalue weighted by Crippen LogP contribution is 2.24. The van der Waals surface area contributed by atoms with Gasteiger partial charge in [0.2, 0.25) is 5.91 Å². The molecule has 42 heavy (non-hydrogen) atoms. The first-order chi connectivity index (χ1) is 20.4. The highest BCUT2D eigenvalue weighted by molar-refractivity contribution is 8.00. The Balaban J connectivity index is 1.33. The maximum absolute atomic E-state index is 13.5. The van der Waals surface area contributed by atoms with Crippen LogP contribution in [0.2, 0.25) is 5.02 Å². The molecule has 0 unspecified atom stereocenters. The fourth-order valence-corrected chi connectivity index (χ4v) is 4.98. The number of halogens is 1. The van der Waals surface area contributed by atoms with Crippen molar-refractivity contribution in [2.75, 3.05) is 16.4 Å². The standard InChI is InChI=1S/C33H25ClN4O3S/c34-25-16-17-30(35-20-25)38-31(39)21-42-27-14-7-13-26(19-27)36-33(41)29(37-32(40)23-9-2-1-3-10-23)18-24-12-6-11-22-8-4-5-15-28(22)24/h1-20H,21H2,(H,36,41)(H,37,40)(H,35,38,39)/b29-18+. The second-order valence-electron chi connectivity index (χ2n) is 9.13. The summed E-state index contributed by atoms with van der Waals surface area (Å²) in [6.45, 7) is 0. The molecule has 0 aliphatic carbocycles. The number of hydrogen-bond donors (Lipinski definition) is 3. The van der Waals surface area contributed by atoms with Crippen LogP contribution in [0.15, 0.2) is 126 Å². The molecule has 3 amide bonds. The lowest BCUT2D eigenvalue weighted by Crippen LogP contribution is -2.30. The summed E-state index contributed by atoms with van der Waals surface area (Å²) in [5.74, 6) is -0.563. The van der Waals surface area contributed by atoms with Crippen molar-refractivity contribution in [1.29, 1.82) is 0 Å². The van der Waals surface area contributed by atoms with Crippen molar-refractivity contribution in [3.05, 3.63) is 137 Å². The molecule has 0 spiro atoms. The molecule has 0 saturated carbocycles. The van der Waals surface area contributed by atoms with E-state index < -0.39 is 11.8 Å². The third kappa shape index (κ3) is 7.63. The summed E-state index contributed by atoms with van der Waals surface area (Å²) in [6.07, 6.45) is 3.13. The van der Waals surface area contributed by atoms with Crippen LogP contribution in [-0.4, -0.2) is 28.5 Å². The van der Waals surface area contributed by atoms with Gasteiger partial charge in [-0.3, -0.25) is 14.4 Å². The molecule has 3 N–H and O–H groups in total. The lowest BCUT2D eigenvalue weighted by Gasteiger charge is -2.13. The summed E-state index contributed by atoms with van der Waals surface area (Å²) in [5.41, 5.74) is 1.83. The van der Waals surface area contributed by atoms with Gasteiger partial charge in [0.05, 0.1) is 10.8 Å². The van der Waals surface area contributed by atoms with Gasteiger partial charge in [-0.05, 0) is 64.9 Å². The molecule has 0 aliphatic heterocycles. The van der Waals surface area contributed by atoms with E-state index in [4.69, 9.17) is 11.6 Å². The molecule has 208 valence electrons. The van der Waals surface area contributed by atoms with Gasteiger partial charge in [-0.15, -0.1) is 11.8 Å². The summed E-state index contributed by atoms with van der Waals surface area (Å²) in [7, 11) is 0. The van der Waals surface area contributed by atoms with Gasteiger partial charge in [0.15, 0.2) is 0 Å². The molecule has 0 atom stereocenters. The number of nitrogens with one attached hydrogen (secondary N) is 3. The van der Waals surface area contributed by atoms with Gasteiger partial charge in [-0.1, -0.05) is 78.3 Å². The molecule has 7 nitrogen and oxygen atoms in total. The zero-order valence-corrected chi connectivity index (χ0v) is 23.8. The van der Waals surface area contributed by atoms with E-state index in [9.17, 15) is 14.4 Å². The monoisotopic (exact) mass is 592 g/mol. The maximum Gasteiger partial charge on any atom is 0.272 e. The summed E-state index contributed by atoms with van der Waals surface area (Å²) in [4.78, 5) is 43.8. The number of rotatable bonds is 9. The van der Waals surface area contributed by atoms with Crippen LogP contribution >= 0.6 is 23.4 Å². The number of thioether (sulfide) groups is 1. The average Bonchev–Trinajstić information content (AvgIpc) is 3.01. The third-order valence-corrected chi connectivity index (χ3v) is 7.33. The number of hydrogen-bond acceptors (Lipinski definition) is 5. The molecule has 0 fully saturated rings. The van der Waals surface area contributed by atoms with Crippen molar-refractivity contribution >= 4 is 69.4 Å². The fraction of sp³-hybridized carbons (Fsp3) is 0.0303. The van der Waals surface area contributed by atoms with Crippen molar-refractivity contribution in [3.63, 3.8) is 0 Å². The third-order valence-electron chi connectivity index (χ3n) is 6.11. The molecule has 1 heterocycles. The van der Waals surface area contributed by atoms with Crippen molar-refractivity contribution in [2.24, 2.45) is 0 Å². The first kappa shape index (κ1) is 28.6. The Hall–Kier alpha value is -4.92. The normalized spacial score (nSPS) is 11.1. The lowest BCUT2D eigenvalue weighted by molar-refractivity contribution is -0.114. The Morgan fingerprint density at radius 3 is 2.38 bits per heavy atom. The van der Waals surface area contributed by atoms with Crippen LogP contribution in [-0.2, 0) is 9.59 Å². The van der Waals surface area contributed by atoms with Crippen LogP contribution < -0.4 is 16.0 Å². The van der Waals surface area contributed by atoms with E-state index in [2.05, 4.69) is 20.9 Å². The van der Waals surface area contributed by atoms with E-state index in [1.54, 1.807) is 60.7 Å². The Labute approximate surface area is 252 Å². The van der Waals surface area contributed by atoms with Gasteiger partial charge >= 0.3 is 0 Å². The number of aromatic nitrogens is 1. The molecular weight excluding hydrogens is 568 g/mol. The Morgan fingerprint density at radius 2 is 1.57 bits per heavy atom. The Bertz CT molecular complexity index is 1770.